The summed E-state index contributed by atoms with van der Waals surface area (Å²) in [6.45, 7) is 2.81. The minimum Gasteiger partial charge on any atom is -0.356 e. The molecule has 2 aromatic carbocycles. The third kappa shape index (κ3) is 8.14. The Morgan fingerprint density at radius 3 is 2.41 bits per heavy atom. The van der Waals surface area contributed by atoms with Crippen LogP contribution in [0.15, 0.2) is 48.5 Å². The first-order valence-electron chi connectivity index (χ1n) is 9.73. The predicted molar refractivity (Wildman–Crippen MR) is 109 cm³/mol. The van der Waals surface area contributed by atoms with Gasteiger partial charge in [-0.1, -0.05) is 30.7 Å². The molecule has 0 atom stereocenters. The van der Waals surface area contributed by atoms with Gasteiger partial charge in [0, 0.05) is 33.0 Å². The summed E-state index contributed by atoms with van der Waals surface area (Å²) >= 11 is 0. The van der Waals surface area contributed by atoms with Crippen LogP contribution in [-0.2, 0) is 22.7 Å². The van der Waals surface area contributed by atoms with Crippen LogP contribution in [0, 0.1) is 17.1 Å². The SMILES string of the molecule is CC(=O)NCCCCCC(=O)N(Cc1ccc(C#N)cc1)Cc1cccc(F)c1. The molecule has 0 aromatic heterocycles. The van der Waals surface area contributed by atoms with Crippen molar-refractivity contribution in [3.05, 3.63) is 71.0 Å². The van der Waals surface area contributed by atoms with Crippen LogP contribution in [-0.4, -0.2) is 23.3 Å². The van der Waals surface area contributed by atoms with E-state index in [-0.39, 0.29) is 17.6 Å². The maximum absolute atomic E-state index is 13.5. The Bertz CT molecular complexity index is 859. The van der Waals surface area contributed by atoms with E-state index in [0.717, 1.165) is 30.4 Å². The molecule has 0 saturated carbocycles. The smallest absolute Gasteiger partial charge is 0.223 e. The molecular formula is C23H26FN3O2. The van der Waals surface area contributed by atoms with Crippen molar-refractivity contribution in [1.29, 1.82) is 5.26 Å². The third-order valence-corrected chi connectivity index (χ3v) is 4.51. The molecule has 0 fully saturated rings. The summed E-state index contributed by atoms with van der Waals surface area (Å²) in [5, 5.41) is 11.7. The van der Waals surface area contributed by atoms with Gasteiger partial charge in [0.1, 0.15) is 5.82 Å². The van der Waals surface area contributed by atoms with Crippen molar-refractivity contribution in [1.82, 2.24) is 10.2 Å². The number of nitrogens with zero attached hydrogens (tertiary/aromatic N) is 2. The first-order chi connectivity index (χ1) is 14.0. The molecule has 2 rings (SSSR count). The first-order valence-corrected chi connectivity index (χ1v) is 9.73. The number of halogens is 1. The molecule has 0 bridgehead atoms. The summed E-state index contributed by atoms with van der Waals surface area (Å²) in [6, 6.07) is 15.4. The summed E-state index contributed by atoms with van der Waals surface area (Å²) in [5.74, 6) is -0.380. The fourth-order valence-corrected chi connectivity index (χ4v) is 2.99. The maximum Gasteiger partial charge on any atom is 0.223 e. The second-order valence-electron chi connectivity index (χ2n) is 6.98. The number of benzene rings is 2. The Kier molecular flexibility index (Phi) is 8.84. The molecule has 6 heteroatoms. The number of carbonyl (C=O) groups excluding carboxylic acids is 2. The van der Waals surface area contributed by atoms with E-state index in [1.54, 1.807) is 29.2 Å². The van der Waals surface area contributed by atoms with E-state index in [1.807, 2.05) is 12.1 Å². The molecule has 0 radical (unpaired) electrons. The van der Waals surface area contributed by atoms with Crippen molar-refractivity contribution in [2.75, 3.05) is 6.54 Å². The van der Waals surface area contributed by atoms with E-state index >= 15 is 0 Å². The van der Waals surface area contributed by atoms with Crippen LogP contribution in [0.2, 0.25) is 0 Å². The monoisotopic (exact) mass is 395 g/mol. The number of rotatable bonds is 10. The molecule has 0 saturated heterocycles. The Labute approximate surface area is 171 Å². The average molecular weight is 395 g/mol. The fourth-order valence-electron chi connectivity index (χ4n) is 2.99. The number of amides is 2. The number of hydrogen-bond acceptors (Lipinski definition) is 3. The first kappa shape index (κ1) is 22.1. The van der Waals surface area contributed by atoms with Gasteiger partial charge in [0.05, 0.1) is 11.6 Å². The predicted octanol–water partition coefficient (Wildman–Crippen LogP) is 3.92. The Hall–Kier alpha value is -3.20. The van der Waals surface area contributed by atoms with Crippen molar-refractivity contribution in [3.63, 3.8) is 0 Å². The number of nitrogens with one attached hydrogen (secondary N) is 1. The Morgan fingerprint density at radius 2 is 1.76 bits per heavy atom. The van der Waals surface area contributed by atoms with Gasteiger partial charge in [-0.05, 0) is 48.2 Å². The average Bonchev–Trinajstić information content (AvgIpc) is 2.70. The van der Waals surface area contributed by atoms with Gasteiger partial charge >= 0.3 is 0 Å². The fraction of sp³-hybridized carbons (Fsp3) is 0.348. The summed E-state index contributed by atoms with van der Waals surface area (Å²) in [4.78, 5) is 25.4. The maximum atomic E-state index is 13.5. The standard InChI is InChI=1S/C23H26FN3O2/c1-18(28)26-13-4-2-3-8-23(29)27(17-21-6-5-7-22(24)14-21)16-20-11-9-19(15-25)10-12-20/h5-7,9-12,14H,2-4,8,13,16-17H2,1H3,(H,26,28). The van der Waals surface area contributed by atoms with Gasteiger partial charge in [0.15, 0.2) is 0 Å². The molecule has 0 unspecified atom stereocenters. The third-order valence-electron chi connectivity index (χ3n) is 4.51. The van der Waals surface area contributed by atoms with Crippen molar-refractivity contribution in [2.45, 2.75) is 45.7 Å². The molecule has 0 aliphatic carbocycles. The molecule has 0 heterocycles. The number of unbranched alkanes of at least 4 members (excludes halogenated alkanes) is 2. The van der Waals surface area contributed by atoms with Gasteiger partial charge in [-0.3, -0.25) is 9.59 Å². The van der Waals surface area contributed by atoms with E-state index in [2.05, 4.69) is 11.4 Å². The van der Waals surface area contributed by atoms with Gasteiger partial charge in [-0.25, -0.2) is 4.39 Å². The van der Waals surface area contributed by atoms with E-state index in [1.165, 1.54) is 19.1 Å². The molecule has 0 spiro atoms. The molecule has 5 nitrogen and oxygen atoms in total. The van der Waals surface area contributed by atoms with Gasteiger partial charge in [-0.2, -0.15) is 5.26 Å². The quantitative estimate of drug-likeness (QED) is 0.620. The van der Waals surface area contributed by atoms with E-state index < -0.39 is 0 Å². The Balaban J connectivity index is 1.98. The van der Waals surface area contributed by atoms with Crippen LogP contribution in [0.4, 0.5) is 4.39 Å². The van der Waals surface area contributed by atoms with Crippen LogP contribution >= 0.6 is 0 Å². The normalized spacial score (nSPS) is 10.2. The second kappa shape index (κ2) is 11.6. The van der Waals surface area contributed by atoms with Crippen LogP contribution in [0.1, 0.15) is 49.3 Å². The molecule has 2 aromatic rings. The highest BCUT2D eigenvalue weighted by molar-refractivity contribution is 5.76. The molecule has 0 aliphatic rings. The number of nitriles is 1. The zero-order valence-corrected chi connectivity index (χ0v) is 16.7. The molecule has 1 N–H and O–H groups in total. The highest BCUT2D eigenvalue weighted by atomic mass is 19.1. The highest BCUT2D eigenvalue weighted by Crippen LogP contribution is 2.15. The summed E-state index contributed by atoms with van der Waals surface area (Å²) in [5.41, 5.74) is 2.22. The lowest BCUT2D eigenvalue weighted by atomic mass is 10.1. The van der Waals surface area contributed by atoms with Crippen LogP contribution < -0.4 is 5.32 Å². The van der Waals surface area contributed by atoms with Gasteiger partial charge in [0.25, 0.3) is 0 Å². The van der Waals surface area contributed by atoms with Crippen LogP contribution in [0.3, 0.4) is 0 Å². The minimum absolute atomic E-state index is 0.00171. The minimum atomic E-state index is -0.328. The van der Waals surface area contributed by atoms with Crippen LogP contribution in [0.5, 0.6) is 0 Å². The van der Waals surface area contributed by atoms with E-state index in [4.69, 9.17) is 5.26 Å². The highest BCUT2D eigenvalue weighted by Gasteiger charge is 2.15. The summed E-state index contributed by atoms with van der Waals surface area (Å²) in [7, 11) is 0. The van der Waals surface area contributed by atoms with Gasteiger partial charge in [0.2, 0.25) is 11.8 Å². The van der Waals surface area contributed by atoms with Crippen molar-refractivity contribution < 1.29 is 14.0 Å². The molecular weight excluding hydrogens is 369 g/mol. The van der Waals surface area contributed by atoms with Gasteiger partial charge < -0.3 is 10.2 Å². The summed E-state index contributed by atoms with van der Waals surface area (Å²) in [6.07, 6.45) is 2.79. The topological polar surface area (TPSA) is 73.2 Å². The lowest BCUT2D eigenvalue weighted by molar-refractivity contribution is -0.132. The van der Waals surface area contributed by atoms with Crippen LogP contribution in [0.25, 0.3) is 0 Å². The van der Waals surface area contributed by atoms with Gasteiger partial charge in [-0.15, -0.1) is 0 Å². The lowest BCUT2D eigenvalue weighted by Crippen LogP contribution is -2.30. The summed E-state index contributed by atoms with van der Waals surface area (Å²) < 4.78 is 13.5. The number of carbonyl (C=O) groups is 2. The number of hydrogen-bond donors (Lipinski definition) is 1. The zero-order valence-electron chi connectivity index (χ0n) is 16.7. The molecule has 29 heavy (non-hydrogen) atoms. The van der Waals surface area contributed by atoms with Crippen molar-refractivity contribution in [3.8, 4) is 6.07 Å². The van der Waals surface area contributed by atoms with Crippen molar-refractivity contribution >= 4 is 11.8 Å². The van der Waals surface area contributed by atoms with E-state index in [0.29, 0.717) is 31.6 Å². The van der Waals surface area contributed by atoms with E-state index in [9.17, 15) is 14.0 Å². The largest absolute Gasteiger partial charge is 0.356 e. The molecule has 152 valence electrons. The second-order valence-corrected chi connectivity index (χ2v) is 6.98. The molecule has 0 aliphatic heterocycles. The lowest BCUT2D eigenvalue weighted by Gasteiger charge is -2.23. The zero-order chi connectivity index (χ0) is 21.1. The Morgan fingerprint density at radius 1 is 1.03 bits per heavy atom. The molecule has 2 amide bonds. The van der Waals surface area contributed by atoms with Crippen molar-refractivity contribution in [2.24, 2.45) is 0 Å².